The third-order valence-electron chi connectivity index (χ3n) is 4.43. The van der Waals surface area contributed by atoms with Crippen molar-refractivity contribution in [3.8, 4) is 0 Å². The van der Waals surface area contributed by atoms with Crippen molar-refractivity contribution in [1.82, 2.24) is 9.78 Å². The van der Waals surface area contributed by atoms with E-state index in [1.807, 2.05) is 0 Å². The summed E-state index contributed by atoms with van der Waals surface area (Å²) >= 11 is 6.12. The van der Waals surface area contributed by atoms with Crippen molar-refractivity contribution in [2.45, 2.75) is 51.2 Å². The minimum Gasteiger partial charge on any atom is -0.377 e. The molecule has 2 heterocycles. The number of rotatable bonds is 5. The summed E-state index contributed by atoms with van der Waals surface area (Å²) in [4.78, 5) is 12.5. The topological polar surface area (TPSA) is 56.1 Å². The van der Waals surface area contributed by atoms with Crippen molar-refractivity contribution in [1.29, 1.82) is 0 Å². The molecule has 0 radical (unpaired) electrons. The van der Waals surface area contributed by atoms with Crippen LogP contribution >= 0.6 is 11.6 Å². The van der Waals surface area contributed by atoms with E-state index in [0.29, 0.717) is 29.7 Å². The van der Waals surface area contributed by atoms with Crippen LogP contribution in [0.15, 0.2) is 11.0 Å². The number of hydrogen-bond donors (Lipinski definition) is 1. The molecule has 0 spiro atoms. The molecule has 0 bridgehead atoms. The summed E-state index contributed by atoms with van der Waals surface area (Å²) < 4.78 is 7.21. The van der Waals surface area contributed by atoms with E-state index in [9.17, 15) is 4.79 Å². The maximum atomic E-state index is 12.5. The molecule has 1 atom stereocenters. The van der Waals surface area contributed by atoms with Gasteiger partial charge in [0, 0.05) is 19.7 Å². The molecule has 6 heteroatoms. The number of nitrogens with one attached hydrogen (secondary N) is 1. The highest BCUT2D eigenvalue weighted by atomic mass is 35.5. The van der Waals surface area contributed by atoms with Crippen LogP contribution in [-0.4, -0.2) is 29.0 Å². The predicted octanol–water partition coefficient (Wildman–Crippen LogP) is 2.68. The van der Waals surface area contributed by atoms with Gasteiger partial charge in [0.2, 0.25) is 0 Å². The summed E-state index contributed by atoms with van der Waals surface area (Å²) in [5, 5.41) is 7.72. The minimum atomic E-state index is -0.120. The number of ether oxygens (including phenoxy) is 1. The number of anilines is 1. The second-order valence-electron chi connectivity index (χ2n) is 6.02. The molecule has 116 valence electrons. The summed E-state index contributed by atoms with van der Waals surface area (Å²) in [7, 11) is 0. The van der Waals surface area contributed by atoms with Crippen molar-refractivity contribution in [2.24, 2.45) is 5.92 Å². The van der Waals surface area contributed by atoms with Crippen molar-refractivity contribution in [2.75, 3.05) is 18.5 Å². The quantitative estimate of drug-likeness (QED) is 0.908. The summed E-state index contributed by atoms with van der Waals surface area (Å²) in [6, 6.07) is 0. The van der Waals surface area contributed by atoms with Crippen LogP contribution in [0.2, 0.25) is 5.02 Å². The Morgan fingerprint density at radius 3 is 2.86 bits per heavy atom. The van der Waals surface area contributed by atoms with E-state index in [-0.39, 0.29) is 11.7 Å². The first-order chi connectivity index (χ1) is 10.2. The first-order valence-electron chi connectivity index (χ1n) is 7.85. The molecule has 21 heavy (non-hydrogen) atoms. The predicted molar refractivity (Wildman–Crippen MR) is 82.9 cm³/mol. The first-order valence-corrected chi connectivity index (χ1v) is 8.23. The van der Waals surface area contributed by atoms with Crippen LogP contribution in [-0.2, 0) is 11.3 Å². The van der Waals surface area contributed by atoms with Crippen molar-refractivity contribution in [3.63, 3.8) is 0 Å². The van der Waals surface area contributed by atoms with Crippen LogP contribution in [0.1, 0.15) is 38.5 Å². The molecule has 1 aromatic rings. The van der Waals surface area contributed by atoms with Gasteiger partial charge in [-0.1, -0.05) is 18.0 Å². The first kappa shape index (κ1) is 14.9. The lowest BCUT2D eigenvalue weighted by Crippen LogP contribution is -2.33. The van der Waals surface area contributed by atoms with E-state index in [4.69, 9.17) is 16.3 Å². The molecular formula is C15H22ClN3O2. The Labute approximate surface area is 129 Å². The van der Waals surface area contributed by atoms with Crippen molar-refractivity contribution >= 4 is 17.3 Å². The van der Waals surface area contributed by atoms with Crippen LogP contribution in [0.4, 0.5) is 5.69 Å². The zero-order valence-electron chi connectivity index (χ0n) is 12.2. The number of nitrogens with zero attached hydrogens (tertiary/aromatic N) is 2. The Kier molecular flexibility index (Phi) is 4.80. The van der Waals surface area contributed by atoms with Gasteiger partial charge in [-0.25, -0.2) is 4.68 Å². The van der Waals surface area contributed by atoms with Crippen LogP contribution < -0.4 is 10.9 Å². The highest BCUT2D eigenvalue weighted by Gasteiger charge is 2.21. The SMILES string of the molecule is O=c1c(NCC2CCCCO2)c(Cl)cnn1CC1CCC1. The van der Waals surface area contributed by atoms with Gasteiger partial charge in [-0.05, 0) is 38.0 Å². The van der Waals surface area contributed by atoms with E-state index in [1.165, 1.54) is 25.7 Å². The number of aromatic nitrogens is 2. The van der Waals surface area contributed by atoms with Gasteiger partial charge in [0.15, 0.2) is 0 Å². The van der Waals surface area contributed by atoms with Gasteiger partial charge in [-0.2, -0.15) is 5.10 Å². The maximum Gasteiger partial charge on any atom is 0.291 e. The Bertz CT molecular complexity index is 536. The largest absolute Gasteiger partial charge is 0.377 e. The summed E-state index contributed by atoms with van der Waals surface area (Å²) in [5.74, 6) is 0.589. The normalized spacial score (nSPS) is 22.8. The molecule has 0 aromatic carbocycles. The summed E-state index contributed by atoms with van der Waals surface area (Å²) in [6.45, 7) is 2.13. The molecule has 5 nitrogen and oxygen atoms in total. The molecule has 2 aliphatic rings. The van der Waals surface area contributed by atoms with Gasteiger partial charge in [0.05, 0.1) is 17.3 Å². The van der Waals surface area contributed by atoms with Crippen LogP contribution in [0.3, 0.4) is 0 Å². The molecule has 3 rings (SSSR count). The van der Waals surface area contributed by atoms with Crippen molar-refractivity contribution in [3.05, 3.63) is 21.6 Å². The van der Waals surface area contributed by atoms with Gasteiger partial charge in [-0.3, -0.25) is 4.79 Å². The fourth-order valence-electron chi connectivity index (χ4n) is 2.86. The maximum absolute atomic E-state index is 12.5. The van der Waals surface area contributed by atoms with E-state index >= 15 is 0 Å². The Morgan fingerprint density at radius 2 is 2.19 bits per heavy atom. The highest BCUT2D eigenvalue weighted by molar-refractivity contribution is 6.32. The number of halogens is 1. The summed E-state index contributed by atoms with van der Waals surface area (Å²) in [6.07, 6.45) is 8.71. The Morgan fingerprint density at radius 1 is 1.33 bits per heavy atom. The van der Waals surface area contributed by atoms with Gasteiger partial charge in [0.25, 0.3) is 5.56 Å². The lowest BCUT2D eigenvalue weighted by atomic mass is 9.85. The van der Waals surface area contributed by atoms with Crippen LogP contribution in [0.25, 0.3) is 0 Å². The zero-order valence-corrected chi connectivity index (χ0v) is 12.9. The molecular weight excluding hydrogens is 290 g/mol. The molecule has 1 saturated carbocycles. The lowest BCUT2D eigenvalue weighted by molar-refractivity contribution is 0.0247. The standard InChI is InChI=1S/C15H22ClN3O2/c16-13-9-18-19(10-11-4-3-5-11)15(20)14(13)17-8-12-6-1-2-7-21-12/h9,11-12,17H,1-8,10H2. The van der Waals surface area contributed by atoms with E-state index in [0.717, 1.165) is 19.4 Å². The molecule has 1 saturated heterocycles. The average Bonchev–Trinajstić information content (AvgIpc) is 2.45. The van der Waals surface area contributed by atoms with Crippen LogP contribution in [0, 0.1) is 5.92 Å². The van der Waals surface area contributed by atoms with E-state index in [2.05, 4.69) is 10.4 Å². The van der Waals surface area contributed by atoms with Crippen molar-refractivity contribution < 1.29 is 4.74 Å². The molecule has 2 fully saturated rings. The van der Waals surface area contributed by atoms with Gasteiger partial charge < -0.3 is 10.1 Å². The molecule has 0 amide bonds. The second-order valence-corrected chi connectivity index (χ2v) is 6.43. The Balaban J connectivity index is 1.67. The summed E-state index contributed by atoms with van der Waals surface area (Å²) in [5.41, 5.74) is 0.338. The van der Waals surface area contributed by atoms with Gasteiger partial charge in [0.1, 0.15) is 5.69 Å². The minimum absolute atomic E-state index is 0.120. The molecule has 1 unspecified atom stereocenters. The average molecular weight is 312 g/mol. The van der Waals surface area contributed by atoms with Crippen LogP contribution in [0.5, 0.6) is 0 Å². The molecule has 1 aliphatic carbocycles. The second kappa shape index (κ2) is 6.79. The van der Waals surface area contributed by atoms with Gasteiger partial charge >= 0.3 is 0 Å². The third kappa shape index (κ3) is 3.58. The Hall–Kier alpha value is -1.07. The molecule has 1 aromatic heterocycles. The van der Waals surface area contributed by atoms with E-state index < -0.39 is 0 Å². The zero-order chi connectivity index (χ0) is 14.7. The fourth-order valence-corrected chi connectivity index (χ4v) is 3.05. The lowest BCUT2D eigenvalue weighted by Gasteiger charge is -2.26. The third-order valence-corrected chi connectivity index (χ3v) is 4.72. The monoisotopic (exact) mass is 311 g/mol. The fraction of sp³-hybridized carbons (Fsp3) is 0.733. The number of hydrogen-bond acceptors (Lipinski definition) is 4. The molecule has 1 aliphatic heterocycles. The smallest absolute Gasteiger partial charge is 0.291 e. The van der Waals surface area contributed by atoms with Gasteiger partial charge in [-0.15, -0.1) is 0 Å². The highest BCUT2D eigenvalue weighted by Crippen LogP contribution is 2.27. The molecule has 1 N–H and O–H groups in total. The van der Waals surface area contributed by atoms with E-state index in [1.54, 1.807) is 10.9 Å².